The first kappa shape index (κ1) is 14.2. The van der Waals surface area contributed by atoms with Crippen molar-refractivity contribution in [1.29, 1.82) is 0 Å². The molecule has 4 heteroatoms. The zero-order valence-corrected chi connectivity index (χ0v) is 13.5. The molecule has 1 heterocycles. The molecule has 1 aliphatic rings. The predicted octanol–water partition coefficient (Wildman–Crippen LogP) is 3.96. The highest BCUT2D eigenvalue weighted by Gasteiger charge is 2.20. The minimum absolute atomic E-state index is 0.0990. The minimum Gasteiger partial charge on any atom is -0.267 e. The fourth-order valence-electron chi connectivity index (χ4n) is 3.04. The van der Waals surface area contributed by atoms with Crippen LogP contribution in [0.5, 0.6) is 0 Å². The van der Waals surface area contributed by atoms with E-state index in [2.05, 4.69) is 5.10 Å². The van der Waals surface area contributed by atoms with E-state index in [0.29, 0.717) is 5.02 Å². The summed E-state index contributed by atoms with van der Waals surface area (Å²) in [6, 6.07) is 15.4. The molecule has 23 heavy (non-hydrogen) atoms. The van der Waals surface area contributed by atoms with Gasteiger partial charge in [-0.05, 0) is 55.2 Å². The Bertz CT molecular complexity index is 958. The molecule has 0 amide bonds. The summed E-state index contributed by atoms with van der Waals surface area (Å²) in [6.45, 7) is 2.02. The third kappa shape index (κ3) is 2.47. The molecule has 0 saturated heterocycles. The number of nitrogens with zero attached hydrogens (tertiary/aromatic N) is 2. The van der Waals surface area contributed by atoms with Gasteiger partial charge in [0.05, 0.1) is 11.4 Å². The van der Waals surface area contributed by atoms with Crippen molar-refractivity contribution < 1.29 is 0 Å². The van der Waals surface area contributed by atoms with Crippen LogP contribution in [0.25, 0.3) is 16.9 Å². The molecule has 114 valence electrons. The fraction of sp³-hybridized carbons (Fsp3) is 0.158. The lowest BCUT2D eigenvalue weighted by atomic mass is 9.89. The minimum atomic E-state index is -0.0990. The number of halogens is 1. The summed E-state index contributed by atoms with van der Waals surface area (Å²) in [7, 11) is 0. The molecule has 3 nitrogen and oxygen atoms in total. The normalized spacial score (nSPS) is 12.6. The summed E-state index contributed by atoms with van der Waals surface area (Å²) < 4.78 is 1.47. The molecule has 0 bridgehead atoms. The van der Waals surface area contributed by atoms with Crippen LogP contribution in [0, 0.1) is 6.92 Å². The van der Waals surface area contributed by atoms with E-state index in [0.717, 1.165) is 40.9 Å². The van der Waals surface area contributed by atoms with Gasteiger partial charge < -0.3 is 0 Å². The molecule has 0 aliphatic heterocycles. The summed E-state index contributed by atoms with van der Waals surface area (Å²) in [6.07, 6.45) is 1.75. The maximum absolute atomic E-state index is 12.4. The summed E-state index contributed by atoms with van der Waals surface area (Å²) >= 11 is 6.15. The van der Waals surface area contributed by atoms with Crippen LogP contribution in [-0.4, -0.2) is 9.78 Å². The topological polar surface area (TPSA) is 34.9 Å². The lowest BCUT2D eigenvalue weighted by Crippen LogP contribution is -2.24. The van der Waals surface area contributed by atoms with E-state index in [1.165, 1.54) is 10.2 Å². The number of fused-ring (bicyclic) bond motifs is 3. The van der Waals surface area contributed by atoms with Gasteiger partial charge in [0.2, 0.25) is 0 Å². The Morgan fingerprint density at radius 3 is 2.52 bits per heavy atom. The van der Waals surface area contributed by atoms with E-state index in [1.807, 2.05) is 49.4 Å². The highest BCUT2D eigenvalue weighted by Crippen LogP contribution is 2.33. The van der Waals surface area contributed by atoms with Gasteiger partial charge in [0, 0.05) is 16.7 Å². The highest BCUT2D eigenvalue weighted by molar-refractivity contribution is 6.30. The molecule has 3 aromatic rings. The van der Waals surface area contributed by atoms with Crippen molar-refractivity contribution in [2.45, 2.75) is 19.8 Å². The molecule has 0 N–H and O–H groups in total. The summed E-state index contributed by atoms with van der Waals surface area (Å²) in [5.41, 5.74) is 5.93. The lowest BCUT2D eigenvalue weighted by molar-refractivity contribution is 0.783. The molecule has 2 aromatic carbocycles. The van der Waals surface area contributed by atoms with E-state index in [1.54, 1.807) is 6.07 Å². The molecule has 1 aliphatic carbocycles. The van der Waals surface area contributed by atoms with Gasteiger partial charge in [-0.25, -0.2) is 0 Å². The maximum Gasteiger partial charge on any atom is 0.271 e. The molecule has 1 aromatic heterocycles. The number of aromatic nitrogens is 2. The van der Waals surface area contributed by atoms with Gasteiger partial charge >= 0.3 is 0 Å². The number of benzene rings is 2. The molecule has 0 radical (unpaired) electrons. The van der Waals surface area contributed by atoms with Crippen LogP contribution in [0.15, 0.2) is 53.3 Å². The Labute approximate surface area is 139 Å². The lowest BCUT2D eigenvalue weighted by Gasteiger charge is -2.20. The second kappa shape index (κ2) is 5.36. The van der Waals surface area contributed by atoms with Crippen molar-refractivity contribution in [3.05, 3.63) is 80.6 Å². The Hall–Kier alpha value is -2.39. The molecular formula is C19H15ClN2O. The van der Waals surface area contributed by atoms with Gasteiger partial charge in [-0.15, -0.1) is 0 Å². The van der Waals surface area contributed by atoms with Crippen molar-refractivity contribution in [3.8, 4) is 16.9 Å². The van der Waals surface area contributed by atoms with Crippen molar-refractivity contribution in [3.63, 3.8) is 0 Å². The molecular weight excluding hydrogens is 308 g/mol. The molecule has 0 saturated carbocycles. The van der Waals surface area contributed by atoms with Gasteiger partial charge in [-0.3, -0.25) is 4.79 Å². The van der Waals surface area contributed by atoms with Crippen LogP contribution >= 0.6 is 11.6 Å². The summed E-state index contributed by atoms with van der Waals surface area (Å²) in [4.78, 5) is 12.4. The quantitative estimate of drug-likeness (QED) is 0.679. The van der Waals surface area contributed by atoms with E-state index in [4.69, 9.17) is 11.6 Å². The molecule has 4 rings (SSSR count). The highest BCUT2D eigenvalue weighted by atomic mass is 35.5. The summed E-state index contributed by atoms with van der Waals surface area (Å²) in [5, 5.41) is 5.33. The van der Waals surface area contributed by atoms with Crippen molar-refractivity contribution in [1.82, 2.24) is 9.78 Å². The van der Waals surface area contributed by atoms with Crippen LogP contribution < -0.4 is 5.56 Å². The zero-order chi connectivity index (χ0) is 16.0. The number of rotatable bonds is 1. The summed E-state index contributed by atoms with van der Waals surface area (Å²) in [5.74, 6) is 0. The largest absolute Gasteiger partial charge is 0.271 e. The first-order valence-corrected chi connectivity index (χ1v) is 7.99. The standard InChI is InChI=1S/C19H15ClN2O/c1-12-2-8-16(9-3-12)22-18(23)10-14-5-4-13-6-7-15(20)11-17(13)19(14)21-22/h2-3,6-11H,4-5H2,1H3. The van der Waals surface area contributed by atoms with Gasteiger partial charge in [0.15, 0.2) is 0 Å². The zero-order valence-electron chi connectivity index (χ0n) is 12.7. The first-order chi connectivity index (χ1) is 11.1. The number of aryl methyl sites for hydroxylation is 3. The number of hydrogen-bond acceptors (Lipinski definition) is 2. The van der Waals surface area contributed by atoms with Gasteiger partial charge in [0.25, 0.3) is 5.56 Å². The monoisotopic (exact) mass is 322 g/mol. The second-order valence-electron chi connectivity index (χ2n) is 5.91. The average Bonchev–Trinajstić information content (AvgIpc) is 2.55. The van der Waals surface area contributed by atoms with E-state index < -0.39 is 0 Å². The van der Waals surface area contributed by atoms with Crippen LogP contribution in [-0.2, 0) is 12.8 Å². The predicted molar refractivity (Wildman–Crippen MR) is 92.4 cm³/mol. The number of hydrogen-bond donors (Lipinski definition) is 0. The SMILES string of the molecule is Cc1ccc(-n2nc3c(cc2=O)CCc2ccc(Cl)cc2-3)cc1. The van der Waals surface area contributed by atoms with Crippen LogP contribution in [0.4, 0.5) is 0 Å². The first-order valence-electron chi connectivity index (χ1n) is 7.61. The van der Waals surface area contributed by atoms with E-state index in [9.17, 15) is 4.79 Å². The average molecular weight is 323 g/mol. The van der Waals surface area contributed by atoms with Gasteiger partial charge in [-0.1, -0.05) is 35.4 Å². The van der Waals surface area contributed by atoms with Gasteiger partial charge in [0.1, 0.15) is 0 Å². The molecule has 0 atom stereocenters. The van der Waals surface area contributed by atoms with Crippen LogP contribution in [0.1, 0.15) is 16.7 Å². The third-order valence-corrected chi connectivity index (χ3v) is 4.51. The smallest absolute Gasteiger partial charge is 0.267 e. The molecule has 0 fully saturated rings. The van der Waals surface area contributed by atoms with E-state index >= 15 is 0 Å². The second-order valence-corrected chi connectivity index (χ2v) is 6.34. The molecule has 0 spiro atoms. The third-order valence-electron chi connectivity index (χ3n) is 4.28. The van der Waals surface area contributed by atoms with Crippen LogP contribution in [0.2, 0.25) is 5.02 Å². The Morgan fingerprint density at radius 2 is 1.74 bits per heavy atom. The maximum atomic E-state index is 12.4. The van der Waals surface area contributed by atoms with E-state index in [-0.39, 0.29) is 5.56 Å². The van der Waals surface area contributed by atoms with Crippen molar-refractivity contribution >= 4 is 11.6 Å². The van der Waals surface area contributed by atoms with Gasteiger partial charge in [-0.2, -0.15) is 9.78 Å². The fourth-order valence-corrected chi connectivity index (χ4v) is 3.21. The molecule has 0 unspecified atom stereocenters. The Balaban J connectivity index is 1.94. The van der Waals surface area contributed by atoms with Crippen molar-refractivity contribution in [2.24, 2.45) is 0 Å². The Morgan fingerprint density at radius 1 is 1.00 bits per heavy atom. The Kier molecular flexibility index (Phi) is 3.31. The van der Waals surface area contributed by atoms with Crippen molar-refractivity contribution in [2.75, 3.05) is 0 Å². The van der Waals surface area contributed by atoms with Crippen LogP contribution in [0.3, 0.4) is 0 Å².